The molecule has 0 bridgehead atoms. The molecule has 0 aliphatic carbocycles. The molecule has 0 fully saturated rings. The van der Waals surface area contributed by atoms with Crippen molar-refractivity contribution in [3.8, 4) is 22.6 Å². The third kappa shape index (κ3) is 1.99. The predicted molar refractivity (Wildman–Crippen MR) is 94.4 cm³/mol. The zero-order valence-corrected chi connectivity index (χ0v) is 12.7. The van der Waals surface area contributed by atoms with Gasteiger partial charge >= 0.3 is 0 Å². The van der Waals surface area contributed by atoms with Gasteiger partial charge in [0.1, 0.15) is 5.69 Å². The monoisotopic (exact) mass is 311 g/mol. The van der Waals surface area contributed by atoms with E-state index < -0.39 is 0 Å². The van der Waals surface area contributed by atoms with Crippen LogP contribution >= 0.6 is 0 Å². The highest BCUT2D eigenvalue weighted by Gasteiger charge is 2.13. The molecule has 4 heterocycles. The van der Waals surface area contributed by atoms with E-state index in [1.54, 1.807) is 6.20 Å². The van der Waals surface area contributed by atoms with Crippen molar-refractivity contribution in [1.29, 1.82) is 0 Å². The van der Waals surface area contributed by atoms with Crippen LogP contribution in [0.5, 0.6) is 0 Å². The minimum atomic E-state index is 0.767. The average molecular weight is 311 g/mol. The van der Waals surface area contributed by atoms with Gasteiger partial charge in [-0.3, -0.25) is 10.1 Å². The number of nitrogens with zero attached hydrogens (tertiary/aromatic N) is 3. The zero-order chi connectivity index (χ0) is 15.9. The first kappa shape index (κ1) is 13.0. The smallest absolute Gasteiger partial charge is 0.155 e. The summed E-state index contributed by atoms with van der Waals surface area (Å²) in [7, 11) is 0. The summed E-state index contributed by atoms with van der Waals surface area (Å²) in [5.41, 5.74) is 5.58. The number of fused-ring (bicyclic) bond motifs is 2. The van der Waals surface area contributed by atoms with Gasteiger partial charge in [0.15, 0.2) is 5.65 Å². The van der Waals surface area contributed by atoms with E-state index in [9.17, 15) is 0 Å². The van der Waals surface area contributed by atoms with Crippen molar-refractivity contribution in [2.24, 2.45) is 0 Å². The van der Waals surface area contributed by atoms with Crippen molar-refractivity contribution in [3.05, 3.63) is 67.0 Å². The molecule has 0 amide bonds. The molecule has 0 atom stereocenters. The molecular weight excluding hydrogens is 298 g/mol. The second kappa shape index (κ2) is 5.03. The molecule has 0 aliphatic rings. The summed E-state index contributed by atoms with van der Waals surface area (Å²) < 4.78 is 0. The summed E-state index contributed by atoms with van der Waals surface area (Å²) in [6.45, 7) is 0. The topological polar surface area (TPSA) is 70.2 Å². The molecule has 1 aromatic carbocycles. The Balaban J connectivity index is 1.71. The summed E-state index contributed by atoms with van der Waals surface area (Å²) in [5.74, 6) is 0. The molecule has 0 spiro atoms. The lowest BCUT2D eigenvalue weighted by Gasteiger charge is -2.00. The van der Waals surface area contributed by atoms with E-state index in [0.29, 0.717) is 0 Å². The molecule has 5 nitrogen and oxygen atoms in total. The molecule has 0 saturated heterocycles. The van der Waals surface area contributed by atoms with E-state index in [1.807, 2.05) is 36.5 Å². The second-order valence-corrected chi connectivity index (χ2v) is 5.68. The van der Waals surface area contributed by atoms with Crippen molar-refractivity contribution in [1.82, 2.24) is 25.1 Å². The number of pyridine rings is 2. The maximum absolute atomic E-state index is 4.49. The largest absolute Gasteiger partial charge is 0.353 e. The summed E-state index contributed by atoms with van der Waals surface area (Å²) >= 11 is 0. The summed E-state index contributed by atoms with van der Waals surface area (Å²) in [6.07, 6.45) is 3.60. The van der Waals surface area contributed by atoms with E-state index in [-0.39, 0.29) is 0 Å². The molecule has 5 heteroatoms. The maximum atomic E-state index is 4.49. The number of rotatable bonds is 2. The first-order valence-corrected chi connectivity index (χ1v) is 7.72. The van der Waals surface area contributed by atoms with Crippen molar-refractivity contribution < 1.29 is 0 Å². The lowest BCUT2D eigenvalue weighted by molar-refractivity contribution is 1.10. The molecule has 0 unspecified atom stereocenters. The minimum absolute atomic E-state index is 0.767. The summed E-state index contributed by atoms with van der Waals surface area (Å²) in [4.78, 5) is 12.3. The van der Waals surface area contributed by atoms with Crippen LogP contribution in [0.3, 0.4) is 0 Å². The highest BCUT2D eigenvalue weighted by atomic mass is 15.2. The Morgan fingerprint density at radius 3 is 2.67 bits per heavy atom. The van der Waals surface area contributed by atoms with Crippen LogP contribution < -0.4 is 0 Å². The SMILES string of the molecule is c1ccc(-c2cnc3[nH]nc(-c4cc5ccccc5[nH]4)c3c2)nc1. The van der Waals surface area contributed by atoms with Crippen LogP contribution in [0.4, 0.5) is 0 Å². The normalized spacial score (nSPS) is 11.3. The van der Waals surface area contributed by atoms with E-state index in [4.69, 9.17) is 0 Å². The van der Waals surface area contributed by atoms with Gasteiger partial charge < -0.3 is 4.98 Å². The van der Waals surface area contributed by atoms with E-state index in [0.717, 1.165) is 44.6 Å². The molecule has 2 N–H and O–H groups in total. The number of aromatic nitrogens is 5. The van der Waals surface area contributed by atoms with Gasteiger partial charge in [0.2, 0.25) is 0 Å². The molecule has 5 rings (SSSR count). The Morgan fingerprint density at radius 1 is 0.875 bits per heavy atom. The first-order valence-electron chi connectivity index (χ1n) is 7.72. The highest BCUT2D eigenvalue weighted by Crippen LogP contribution is 2.30. The molecule has 114 valence electrons. The number of nitrogens with one attached hydrogen (secondary N) is 2. The third-order valence-electron chi connectivity index (χ3n) is 4.16. The zero-order valence-electron chi connectivity index (χ0n) is 12.7. The van der Waals surface area contributed by atoms with Gasteiger partial charge in [0.05, 0.1) is 11.4 Å². The van der Waals surface area contributed by atoms with E-state index >= 15 is 0 Å². The number of H-pyrrole nitrogens is 2. The van der Waals surface area contributed by atoms with Crippen LogP contribution in [-0.4, -0.2) is 25.1 Å². The van der Waals surface area contributed by atoms with Crippen molar-refractivity contribution in [3.63, 3.8) is 0 Å². The van der Waals surface area contributed by atoms with Crippen LogP contribution in [0.25, 0.3) is 44.6 Å². The Hall–Kier alpha value is -3.47. The number of benzene rings is 1. The van der Waals surface area contributed by atoms with Gasteiger partial charge in [-0.1, -0.05) is 24.3 Å². The molecule has 5 aromatic rings. The third-order valence-corrected chi connectivity index (χ3v) is 4.16. The maximum Gasteiger partial charge on any atom is 0.155 e. The first-order chi connectivity index (χ1) is 11.9. The fourth-order valence-corrected chi connectivity index (χ4v) is 2.98. The van der Waals surface area contributed by atoms with E-state index in [2.05, 4.69) is 49.4 Å². The highest BCUT2D eigenvalue weighted by molar-refractivity contribution is 5.95. The number of aromatic amines is 2. The molecule has 0 radical (unpaired) electrons. The standard InChI is InChI=1S/C19H13N5/c1-2-7-16-12(5-1)10-17(22-16)18-14-9-13(11-21-19(14)24-23-18)15-6-3-4-8-20-15/h1-11,22H,(H,21,23,24). The van der Waals surface area contributed by atoms with Crippen molar-refractivity contribution >= 4 is 21.9 Å². The van der Waals surface area contributed by atoms with Crippen molar-refractivity contribution in [2.75, 3.05) is 0 Å². The van der Waals surface area contributed by atoms with Gasteiger partial charge in [0.25, 0.3) is 0 Å². The van der Waals surface area contributed by atoms with Crippen molar-refractivity contribution in [2.45, 2.75) is 0 Å². The van der Waals surface area contributed by atoms with Gasteiger partial charge in [-0.25, -0.2) is 4.98 Å². The van der Waals surface area contributed by atoms with Gasteiger partial charge in [-0.05, 0) is 30.3 Å². The molecule has 0 saturated carbocycles. The second-order valence-electron chi connectivity index (χ2n) is 5.68. The Labute approximate surface area is 137 Å². The van der Waals surface area contributed by atoms with Crippen LogP contribution in [0.15, 0.2) is 67.0 Å². The number of hydrogen-bond donors (Lipinski definition) is 2. The minimum Gasteiger partial charge on any atom is -0.353 e. The van der Waals surface area contributed by atoms with Gasteiger partial charge in [-0.15, -0.1) is 0 Å². The average Bonchev–Trinajstić information content (AvgIpc) is 3.25. The van der Waals surface area contributed by atoms with Gasteiger partial charge in [-0.2, -0.15) is 5.10 Å². The Bertz CT molecular complexity index is 1120. The number of para-hydroxylation sites is 1. The molecular formula is C19H13N5. The predicted octanol–water partition coefficient (Wildman–Crippen LogP) is 4.17. The summed E-state index contributed by atoms with van der Waals surface area (Å²) in [6, 6.07) is 18.2. The fourth-order valence-electron chi connectivity index (χ4n) is 2.98. The summed E-state index contributed by atoms with van der Waals surface area (Å²) in [5, 5.41) is 9.61. The molecule has 0 aliphatic heterocycles. The lowest BCUT2D eigenvalue weighted by atomic mass is 10.1. The Morgan fingerprint density at radius 2 is 1.79 bits per heavy atom. The van der Waals surface area contributed by atoms with Crippen LogP contribution in [0, 0.1) is 0 Å². The quantitative estimate of drug-likeness (QED) is 0.514. The molecule has 24 heavy (non-hydrogen) atoms. The fraction of sp³-hybridized carbons (Fsp3) is 0. The van der Waals surface area contributed by atoms with Crippen LogP contribution in [0.2, 0.25) is 0 Å². The van der Waals surface area contributed by atoms with E-state index in [1.165, 1.54) is 0 Å². The van der Waals surface area contributed by atoms with Crippen LogP contribution in [-0.2, 0) is 0 Å². The number of hydrogen-bond acceptors (Lipinski definition) is 3. The van der Waals surface area contributed by atoms with Gasteiger partial charge in [0, 0.05) is 34.2 Å². The van der Waals surface area contributed by atoms with Crippen LogP contribution in [0.1, 0.15) is 0 Å². The Kier molecular flexibility index (Phi) is 2.72. The lowest BCUT2D eigenvalue weighted by Crippen LogP contribution is -1.85. The molecule has 4 aromatic heterocycles.